The summed E-state index contributed by atoms with van der Waals surface area (Å²) in [7, 11) is 0. The van der Waals surface area contributed by atoms with E-state index in [1.54, 1.807) is 0 Å². The molecule has 2 heterocycles. The van der Waals surface area contributed by atoms with Crippen LogP contribution in [0.1, 0.15) is 11.3 Å². The number of para-hydroxylation sites is 1. The maximum absolute atomic E-state index is 12.5. The molecule has 0 spiro atoms. The third-order valence-corrected chi connectivity index (χ3v) is 5.01. The molecule has 2 amide bonds. The Bertz CT molecular complexity index is 913. The molecule has 0 saturated carbocycles. The van der Waals surface area contributed by atoms with E-state index < -0.39 is 0 Å². The molecule has 144 valence electrons. The molecule has 1 aliphatic rings. The number of nitrogens with zero attached hydrogens (tertiary/aromatic N) is 3. The van der Waals surface area contributed by atoms with Gasteiger partial charge in [-0.1, -0.05) is 53.2 Å². The van der Waals surface area contributed by atoms with Crippen LogP contribution < -0.4 is 10.2 Å². The summed E-state index contributed by atoms with van der Waals surface area (Å²) in [6.07, 6.45) is 0. The number of urea groups is 1. The van der Waals surface area contributed by atoms with Crippen molar-refractivity contribution in [1.29, 1.82) is 0 Å². The third-order valence-electron chi connectivity index (χ3n) is 5.01. The molecule has 2 aromatic carbocycles. The minimum Gasteiger partial charge on any atom is -0.368 e. The highest BCUT2D eigenvalue weighted by molar-refractivity contribution is 5.74. The van der Waals surface area contributed by atoms with Crippen molar-refractivity contribution in [2.75, 3.05) is 31.1 Å². The van der Waals surface area contributed by atoms with Crippen molar-refractivity contribution in [1.82, 2.24) is 15.4 Å². The van der Waals surface area contributed by atoms with Crippen LogP contribution >= 0.6 is 0 Å². The number of carbonyl (C=O) groups excluding carboxylic acids is 1. The van der Waals surface area contributed by atoms with E-state index in [0.29, 0.717) is 25.4 Å². The second kappa shape index (κ2) is 8.17. The number of aryl methyl sites for hydroxylation is 1. The lowest BCUT2D eigenvalue weighted by atomic mass is 10.1. The van der Waals surface area contributed by atoms with Crippen molar-refractivity contribution in [2.45, 2.75) is 13.5 Å². The number of benzene rings is 2. The summed E-state index contributed by atoms with van der Waals surface area (Å²) in [5, 5.41) is 7.04. The number of aromatic nitrogens is 1. The summed E-state index contributed by atoms with van der Waals surface area (Å²) >= 11 is 0. The molecule has 6 nitrogen and oxygen atoms in total. The van der Waals surface area contributed by atoms with Crippen LogP contribution in [0.3, 0.4) is 0 Å². The number of nitrogens with one attached hydrogen (secondary N) is 1. The number of hydrogen-bond donors (Lipinski definition) is 1. The first-order chi connectivity index (χ1) is 13.7. The van der Waals surface area contributed by atoms with Crippen LogP contribution in [0, 0.1) is 6.92 Å². The molecule has 1 aliphatic heterocycles. The van der Waals surface area contributed by atoms with Gasteiger partial charge in [0, 0.05) is 43.5 Å². The first-order valence-corrected chi connectivity index (χ1v) is 9.54. The van der Waals surface area contributed by atoms with Crippen LogP contribution in [0.5, 0.6) is 0 Å². The highest BCUT2D eigenvalue weighted by Crippen LogP contribution is 2.20. The molecular formula is C22H24N4O2. The van der Waals surface area contributed by atoms with Crippen LogP contribution in [-0.2, 0) is 6.54 Å². The van der Waals surface area contributed by atoms with E-state index in [0.717, 1.165) is 24.3 Å². The Balaban J connectivity index is 1.28. The zero-order valence-electron chi connectivity index (χ0n) is 16.0. The molecule has 4 rings (SSSR count). The Morgan fingerprint density at radius 1 is 1.04 bits per heavy atom. The van der Waals surface area contributed by atoms with E-state index in [1.807, 2.05) is 60.4 Å². The van der Waals surface area contributed by atoms with Gasteiger partial charge in [-0.3, -0.25) is 0 Å². The van der Waals surface area contributed by atoms with Gasteiger partial charge in [0.15, 0.2) is 5.76 Å². The van der Waals surface area contributed by atoms with Crippen molar-refractivity contribution >= 4 is 11.7 Å². The topological polar surface area (TPSA) is 61.6 Å². The number of anilines is 1. The monoisotopic (exact) mass is 376 g/mol. The summed E-state index contributed by atoms with van der Waals surface area (Å²) in [4.78, 5) is 16.6. The molecule has 0 unspecified atom stereocenters. The maximum atomic E-state index is 12.5. The predicted octanol–water partition coefficient (Wildman–Crippen LogP) is 3.68. The van der Waals surface area contributed by atoms with Gasteiger partial charge in [-0.15, -0.1) is 0 Å². The Hall–Kier alpha value is -3.28. The molecule has 0 aliphatic carbocycles. The standard InChI is InChI=1S/C22H24N4O2/c1-17-7-9-18(10-8-17)21-15-20(28-24-21)16-23-22(27)26-13-11-25(12-14-26)19-5-3-2-4-6-19/h2-10,15H,11-14,16H2,1H3,(H,23,27). The van der Waals surface area contributed by atoms with Crippen molar-refractivity contribution in [2.24, 2.45) is 0 Å². The molecule has 1 fully saturated rings. The average molecular weight is 376 g/mol. The molecule has 0 radical (unpaired) electrons. The van der Waals surface area contributed by atoms with Gasteiger partial charge in [-0.2, -0.15) is 0 Å². The fourth-order valence-corrected chi connectivity index (χ4v) is 3.34. The van der Waals surface area contributed by atoms with E-state index in [9.17, 15) is 4.79 Å². The van der Waals surface area contributed by atoms with Gasteiger partial charge in [-0.05, 0) is 19.1 Å². The van der Waals surface area contributed by atoms with E-state index >= 15 is 0 Å². The Morgan fingerprint density at radius 2 is 1.75 bits per heavy atom. The molecule has 1 saturated heterocycles. The molecule has 0 atom stereocenters. The van der Waals surface area contributed by atoms with Crippen LogP contribution in [0.2, 0.25) is 0 Å². The zero-order chi connectivity index (χ0) is 19.3. The maximum Gasteiger partial charge on any atom is 0.317 e. The highest BCUT2D eigenvalue weighted by atomic mass is 16.5. The fourth-order valence-electron chi connectivity index (χ4n) is 3.34. The van der Waals surface area contributed by atoms with Crippen LogP contribution in [0.25, 0.3) is 11.3 Å². The molecule has 6 heteroatoms. The van der Waals surface area contributed by atoms with Crippen molar-refractivity contribution in [3.05, 3.63) is 72.0 Å². The fraction of sp³-hybridized carbons (Fsp3) is 0.273. The van der Waals surface area contributed by atoms with Crippen LogP contribution in [0.15, 0.2) is 65.2 Å². The van der Waals surface area contributed by atoms with E-state index in [-0.39, 0.29) is 6.03 Å². The highest BCUT2D eigenvalue weighted by Gasteiger charge is 2.21. The summed E-state index contributed by atoms with van der Waals surface area (Å²) in [5.74, 6) is 0.645. The number of amides is 2. The third kappa shape index (κ3) is 4.17. The summed E-state index contributed by atoms with van der Waals surface area (Å²) in [6.45, 7) is 5.44. The Kier molecular flexibility index (Phi) is 5.28. The lowest BCUT2D eigenvalue weighted by Gasteiger charge is -2.36. The molecular weight excluding hydrogens is 352 g/mol. The van der Waals surface area contributed by atoms with Crippen molar-refractivity contribution in [3.8, 4) is 11.3 Å². The van der Waals surface area contributed by atoms with Crippen LogP contribution in [0.4, 0.5) is 10.5 Å². The quantitative estimate of drug-likeness (QED) is 0.755. The summed E-state index contributed by atoms with van der Waals surface area (Å²) < 4.78 is 5.37. The van der Waals surface area contributed by atoms with Crippen molar-refractivity contribution < 1.29 is 9.32 Å². The molecule has 0 bridgehead atoms. The van der Waals surface area contributed by atoms with Crippen molar-refractivity contribution in [3.63, 3.8) is 0 Å². The first kappa shape index (κ1) is 18.1. The predicted molar refractivity (Wildman–Crippen MR) is 109 cm³/mol. The number of hydrogen-bond acceptors (Lipinski definition) is 4. The second-order valence-corrected chi connectivity index (χ2v) is 7.01. The van der Waals surface area contributed by atoms with Crippen LogP contribution in [-0.4, -0.2) is 42.3 Å². The molecule has 1 aromatic heterocycles. The molecule has 1 N–H and O–H groups in total. The van der Waals surface area contributed by atoms with Gasteiger partial charge < -0.3 is 19.6 Å². The van der Waals surface area contributed by atoms with Gasteiger partial charge in [0.05, 0.1) is 6.54 Å². The SMILES string of the molecule is Cc1ccc(-c2cc(CNC(=O)N3CCN(c4ccccc4)CC3)on2)cc1. The zero-order valence-corrected chi connectivity index (χ0v) is 16.0. The van der Waals surface area contributed by atoms with Gasteiger partial charge in [0.1, 0.15) is 5.69 Å². The lowest BCUT2D eigenvalue weighted by molar-refractivity contribution is 0.192. The number of carbonyl (C=O) groups is 1. The Morgan fingerprint density at radius 3 is 2.46 bits per heavy atom. The summed E-state index contributed by atoms with van der Waals surface area (Å²) in [5.41, 5.74) is 4.18. The molecule has 3 aromatic rings. The average Bonchev–Trinajstić information content (AvgIpc) is 3.22. The normalized spacial score (nSPS) is 14.2. The van der Waals surface area contributed by atoms with E-state index in [4.69, 9.17) is 4.52 Å². The van der Waals surface area contributed by atoms with Gasteiger partial charge in [-0.25, -0.2) is 4.79 Å². The molecule has 28 heavy (non-hydrogen) atoms. The largest absolute Gasteiger partial charge is 0.368 e. The first-order valence-electron chi connectivity index (χ1n) is 9.54. The van der Waals surface area contributed by atoms with Gasteiger partial charge in [0.25, 0.3) is 0 Å². The van der Waals surface area contributed by atoms with E-state index in [1.165, 1.54) is 11.3 Å². The van der Waals surface area contributed by atoms with E-state index in [2.05, 4.69) is 27.5 Å². The Labute approximate surface area is 164 Å². The minimum atomic E-state index is -0.0685. The smallest absolute Gasteiger partial charge is 0.317 e. The lowest BCUT2D eigenvalue weighted by Crippen LogP contribution is -2.51. The number of rotatable bonds is 4. The van der Waals surface area contributed by atoms with Gasteiger partial charge in [0.2, 0.25) is 0 Å². The summed E-state index contributed by atoms with van der Waals surface area (Å²) in [6, 6.07) is 20.2. The number of piperazine rings is 1. The second-order valence-electron chi connectivity index (χ2n) is 7.01. The van der Waals surface area contributed by atoms with Gasteiger partial charge >= 0.3 is 6.03 Å². The minimum absolute atomic E-state index is 0.0685.